The Morgan fingerprint density at radius 2 is 1.04 bits per heavy atom. The Balaban J connectivity index is 3.82. The molecule has 3 unspecified atom stereocenters. The largest absolute Gasteiger partial charge is 0.480 e. The zero-order chi connectivity index (χ0) is 39.3. The quantitative estimate of drug-likeness (QED) is 0.0204. The van der Waals surface area contributed by atoms with Gasteiger partial charge in [-0.05, 0) is 44.9 Å². The van der Waals surface area contributed by atoms with Crippen LogP contribution in [0, 0.1) is 0 Å². The maximum Gasteiger partial charge on any atom is 0.472 e. The van der Waals surface area contributed by atoms with E-state index in [-0.39, 0.29) is 12.8 Å². The molecule has 0 saturated heterocycles. The van der Waals surface area contributed by atoms with Crippen LogP contribution in [0.1, 0.15) is 187 Å². The second kappa shape index (κ2) is 36.9. The molecule has 0 aromatic heterocycles. The summed E-state index contributed by atoms with van der Waals surface area (Å²) in [5.41, 5.74) is 0. The fraction of sp³-hybridized carbons (Fsp3) is 0.829. The number of amides is 1. The molecule has 0 radical (unpaired) electrons. The summed E-state index contributed by atoms with van der Waals surface area (Å²) in [5, 5.41) is 21.7. The highest BCUT2D eigenvalue weighted by Crippen LogP contribution is 2.43. The number of carbonyl (C=O) groups is 3. The van der Waals surface area contributed by atoms with E-state index in [1.807, 2.05) is 0 Å². The maximum absolute atomic E-state index is 12.2. The van der Waals surface area contributed by atoms with Crippen molar-refractivity contribution in [1.29, 1.82) is 0 Å². The molecule has 3 atom stereocenters. The maximum atomic E-state index is 12.2. The van der Waals surface area contributed by atoms with Crippen LogP contribution in [0.4, 0.5) is 0 Å². The van der Waals surface area contributed by atoms with Gasteiger partial charge in [-0.15, -0.1) is 0 Å². The number of carbonyl (C=O) groups excluding carboxylic acids is 2. The number of rotatable bonds is 39. The van der Waals surface area contributed by atoms with Gasteiger partial charge in [-0.1, -0.05) is 154 Å². The van der Waals surface area contributed by atoms with Gasteiger partial charge in [-0.2, -0.15) is 0 Å². The molecule has 0 saturated carbocycles. The van der Waals surface area contributed by atoms with Crippen molar-refractivity contribution >= 4 is 25.7 Å². The van der Waals surface area contributed by atoms with Crippen LogP contribution < -0.4 is 5.32 Å². The number of carboxylic acids is 1. The predicted molar refractivity (Wildman–Crippen MR) is 213 cm³/mol. The van der Waals surface area contributed by atoms with Gasteiger partial charge in [0.2, 0.25) is 5.91 Å². The van der Waals surface area contributed by atoms with Crippen LogP contribution in [-0.2, 0) is 32.7 Å². The number of aliphatic carboxylic acids is 1. The van der Waals surface area contributed by atoms with Gasteiger partial charge in [0.05, 0.1) is 13.2 Å². The van der Waals surface area contributed by atoms with Gasteiger partial charge in [0.25, 0.3) is 0 Å². The average Bonchev–Trinajstić information content (AvgIpc) is 3.13. The third-order valence-corrected chi connectivity index (χ3v) is 9.94. The molecule has 0 aliphatic heterocycles. The van der Waals surface area contributed by atoms with Crippen LogP contribution in [-0.4, -0.2) is 64.9 Å². The topological polar surface area (TPSA) is 169 Å². The fourth-order valence-electron chi connectivity index (χ4n) is 5.70. The lowest BCUT2D eigenvalue weighted by Crippen LogP contribution is -2.43. The molecule has 0 aliphatic carbocycles. The molecule has 0 spiro atoms. The van der Waals surface area contributed by atoms with Crippen molar-refractivity contribution < 1.29 is 47.8 Å². The molecular weight excluding hydrogens is 697 g/mol. The zero-order valence-electron chi connectivity index (χ0n) is 33.3. The number of unbranched alkanes of at least 4 members (excludes halogenated alkanes) is 21. The van der Waals surface area contributed by atoms with Gasteiger partial charge in [-0.3, -0.25) is 18.6 Å². The van der Waals surface area contributed by atoms with E-state index in [2.05, 4.69) is 43.5 Å². The molecule has 4 N–H and O–H groups in total. The van der Waals surface area contributed by atoms with Gasteiger partial charge in [-0.25, -0.2) is 9.36 Å². The molecule has 0 aliphatic rings. The lowest BCUT2D eigenvalue weighted by atomic mass is 10.0. The van der Waals surface area contributed by atoms with Crippen molar-refractivity contribution in [2.45, 2.75) is 199 Å². The lowest BCUT2D eigenvalue weighted by molar-refractivity contribution is -0.147. The number of aliphatic hydroxyl groups is 1. The summed E-state index contributed by atoms with van der Waals surface area (Å²) in [4.78, 5) is 45.6. The van der Waals surface area contributed by atoms with Crippen LogP contribution in [0.25, 0.3) is 0 Å². The Hall–Kier alpha value is -2.04. The van der Waals surface area contributed by atoms with Crippen molar-refractivity contribution in [2.75, 3.05) is 19.8 Å². The number of hydrogen-bond acceptors (Lipinski definition) is 8. The molecule has 0 aromatic rings. The molecule has 11 nitrogen and oxygen atoms in total. The second-order valence-corrected chi connectivity index (χ2v) is 15.6. The van der Waals surface area contributed by atoms with E-state index >= 15 is 0 Å². The summed E-state index contributed by atoms with van der Waals surface area (Å²) in [6, 6.07) is -1.54. The van der Waals surface area contributed by atoms with E-state index in [4.69, 9.17) is 13.8 Å². The Kier molecular flexibility index (Phi) is 35.5. The number of phosphoric acid groups is 1. The van der Waals surface area contributed by atoms with Crippen LogP contribution in [0.2, 0.25) is 0 Å². The Bertz CT molecular complexity index is 1010. The molecule has 0 bridgehead atoms. The third kappa shape index (κ3) is 36.7. The number of ether oxygens (including phenoxy) is 1. The summed E-state index contributed by atoms with van der Waals surface area (Å²) < 4.78 is 26.7. The molecule has 0 rings (SSSR count). The number of carboxylic acid groups (broad SMARTS) is 1. The highest BCUT2D eigenvalue weighted by molar-refractivity contribution is 7.47. The summed E-state index contributed by atoms with van der Waals surface area (Å²) in [5.74, 6) is -2.38. The number of allylic oxidation sites excluding steroid dienone is 4. The van der Waals surface area contributed by atoms with E-state index < -0.39 is 57.6 Å². The molecule has 310 valence electrons. The third-order valence-electron chi connectivity index (χ3n) is 8.99. The number of nitrogens with one attached hydrogen (secondary N) is 1. The fourth-order valence-corrected chi connectivity index (χ4v) is 6.47. The van der Waals surface area contributed by atoms with Gasteiger partial charge in [0.1, 0.15) is 12.7 Å². The Morgan fingerprint density at radius 3 is 1.57 bits per heavy atom. The minimum Gasteiger partial charge on any atom is -0.480 e. The molecule has 0 heterocycles. The number of hydrogen-bond donors (Lipinski definition) is 4. The first-order valence-corrected chi connectivity index (χ1v) is 22.4. The zero-order valence-corrected chi connectivity index (χ0v) is 34.2. The van der Waals surface area contributed by atoms with Gasteiger partial charge in [0, 0.05) is 12.8 Å². The Morgan fingerprint density at radius 1 is 0.604 bits per heavy atom. The highest BCUT2D eigenvalue weighted by atomic mass is 31.2. The Labute approximate surface area is 321 Å². The normalized spacial score (nSPS) is 14.0. The molecule has 12 heteroatoms. The lowest BCUT2D eigenvalue weighted by Gasteiger charge is -2.18. The first kappa shape index (κ1) is 51.0. The molecule has 0 fully saturated rings. The SMILES string of the molecule is CCCCC/C=C\C/C=C\CCCCCCCCCCCCCC(=O)OCC(O)COP(=O)(O)OCC(NC(=O)CCCCCCCCCC)C(=O)O. The van der Waals surface area contributed by atoms with Crippen LogP contribution in [0.3, 0.4) is 0 Å². The number of aliphatic hydroxyl groups excluding tert-OH is 1. The van der Waals surface area contributed by atoms with E-state index in [9.17, 15) is 34.1 Å². The van der Waals surface area contributed by atoms with Crippen LogP contribution in [0.5, 0.6) is 0 Å². The monoisotopic (exact) mass is 774 g/mol. The van der Waals surface area contributed by atoms with E-state index in [1.165, 1.54) is 103 Å². The first-order chi connectivity index (χ1) is 25.6. The van der Waals surface area contributed by atoms with E-state index in [0.29, 0.717) is 12.8 Å². The summed E-state index contributed by atoms with van der Waals surface area (Å²) in [6.45, 7) is 2.51. The predicted octanol–water partition coefficient (Wildman–Crippen LogP) is 10.3. The number of phosphoric ester groups is 1. The molecule has 0 aromatic carbocycles. The minimum absolute atomic E-state index is 0.147. The highest BCUT2D eigenvalue weighted by Gasteiger charge is 2.28. The first-order valence-electron chi connectivity index (χ1n) is 20.9. The van der Waals surface area contributed by atoms with E-state index in [0.717, 1.165) is 44.9 Å². The molecule has 53 heavy (non-hydrogen) atoms. The summed E-state index contributed by atoms with van der Waals surface area (Å²) in [7, 11) is -4.74. The van der Waals surface area contributed by atoms with Crippen LogP contribution in [0.15, 0.2) is 24.3 Å². The summed E-state index contributed by atoms with van der Waals surface area (Å²) >= 11 is 0. The average molecular weight is 774 g/mol. The van der Waals surface area contributed by atoms with Crippen molar-refractivity contribution in [1.82, 2.24) is 5.32 Å². The number of esters is 1. The minimum atomic E-state index is -4.74. The van der Waals surface area contributed by atoms with Crippen molar-refractivity contribution in [3.63, 3.8) is 0 Å². The van der Waals surface area contributed by atoms with Crippen molar-refractivity contribution in [3.8, 4) is 0 Å². The van der Waals surface area contributed by atoms with E-state index in [1.54, 1.807) is 0 Å². The van der Waals surface area contributed by atoms with Gasteiger partial charge >= 0.3 is 19.8 Å². The van der Waals surface area contributed by atoms with Crippen LogP contribution >= 0.6 is 7.82 Å². The smallest absolute Gasteiger partial charge is 0.472 e. The second-order valence-electron chi connectivity index (χ2n) is 14.2. The molecule has 1 amide bonds. The van der Waals surface area contributed by atoms with Crippen molar-refractivity contribution in [2.24, 2.45) is 0 Å². The standard InChI is InChI=1S/C41H76NO10P/c1-3-5-7-9-11-13-14-15-16-17-18-19-20-21-22-23-24-25-27-29-31-33-40(45)50-34-37(43)35-51-53(48,49)52-36-38(41(46)47)42-39(44)32-30-28-26-12-10-8-6-4-2/h11,13,15-16,37-38,43H,3-10,12,14,17-36H2,1-2H3,(H,42,44)(H,46,47)(H,48,49)/b13-11-,16-15-. The van der Waals surface area contributed by atoms with Gasteiger partial charge < -0.3 is 25.2 Å². The summed E-state index contributed by atoms with van der Waals surface area (Å²) in [6.07, 6.45) is 36.6. The molecular formula is C41H76NO10P. The van der Waals surface area contributed by atoms with Gasteiger partial charge in [0.15, 0.2) is 6.04 Å². The van der Waals surface area contributed by atoms with Crippen molar-refractivity contribution in [3.05, 3.63) is 24.3 Å².